The Bertz CT molecular complexity index is 115. The van der Waals surface area contributed by atoms with E-state index in [2.05, 4.69) is 17.5 Å². The lowest BCUT2D eigenvalue weighted by Crippen LogP contribution is -2.27. The summed E-state index contributed by atoms with van der Waals surface area (Å²) in [5, 5.41) is 12.0. The molecule has 2 N–H and O–H groups in total. The Hall–Kier alpha value is -0.340. The molecular weight excluding hydrogens is 138 g/mol. The molecule has 0 atom stereocenters. The molecule has 0 radical (unpaired) electrons. The minimum absolute atomic E-state index is 0.324. The fraction of sp³-hybridized carbons (Fsp3) is 0.778. The lowest BCUT2D eigenvalue weighted by Gasteiger charge is -2.10. The maximum absolute atomic E-state index is 8.52. The molecular formula is C9H17NO. The van der Waals surface area contributed by atoms with Crippen molar-refractivity contribution >= 4 is 0 Å². The monoisotopic (exact) mass is 155 g/mol. The summed E-state index contributed by atoms with van der Waals surface area (Å²) in [5.74, 6) is 0. The number of aliphatic hydroxyl groups is 1. The Kier molecular flexibility index (Phi) is 4.24. The van der Waals surface area contributed by atoms with Gasteiger partial charge in [0.05, 0.1) is 0 Å². The molecule has 0 heterocycles. The smallest absolute Gasteiger partial charge is 0.0431 e. The topological polar surface area (TPSA) is 32.3 Å². The Morgan fingerprint density at radius 2 is 2.00 bits per heavy atom. The minimum Gasteiger partial charge on any atom is -0.396 e. The summed E-state index contributed by atoms with van der Waals surface area (Å²) < 4.78 is 0. The molecule has 1 aliphatic carbocycles. The van der Waals surface area contributed by atoms with Gasteiger partial charge in [0.15, 0.2) is 0 Å². The van der Waals surface area contributed by atoms with Gasteiger partial charge in [0.25, 0.3) is 0 Å². The summed E-state index contributed by atoms with van der Waals surface area (Å²) in [6, 6.07) is 0.675. The van der Waals surface area contributed by atoms with Crippen LogP contribution in [-0.4, -0.2) is 24.3 Å². The first-order valence-corrected chi connectivity index (χ1v) is 4.42. The van der Waals surface area contributed by atoms with E-state index in [1.165, 1.54) is 12.8 Å². The molecule has 0 aromatic rings. The maximum atomic E-state index is 8.52. The normalized spacial score (nSPS) is 17.9. The quantitative estimate of drug-likeness (QED) is 0.460. The molecule has 1 rings (SSSR count). The third-order valence-corrected chi connectivity index (χ3v) is 2.03. The van der Waals surface area contributed by atoms with E-state index in [-0.39, 0.29) is 0 Å². The highest BCUT2D eigenvalue weighted by molar-refractivity contribution is 4.97. The largest absolute Gasteiger partial charge is 0.396 e. The highest BCUT2D eigenvalue weighted by Gasteiger charge is 2.07. The standard InChI is InChI=1S/C9H17NO/c11-8-4-3-7-10-9-5-1-2-6-9/h1-2,9-11H,3-8H2. The molecule has 0 spiro atoms. The van der Waals surface area contributed by atoms with E-state index in [4.69, 9.17) is 5.11 Å². The van der Waals surface area contributed by atoms with Gasteiger partial charge >= 0.3 is 0 Å². The van der Waals surface area contributed by atoms with Gasteiger partial charge in [-0.3, -0.25) is 0 Å². The van der Waals surface area contributed by atoms with Crippen LogP contribution in [0.2, 0.25) is 0 Å². The zero-order chi connectivity index (χ0) is 7.94. The van der Waals surface area contributed by atoms with Crippen molar-refractivity contribution in [1.29, 1.82) is 0 Å². The van der Waals surface area contributed by atoms with Crippen molar-refractivity contribution in [3.8, 4) is 0 Å². The van der Waals surface area contributed by atoms with Crippen LogP contribution in [0.4, 0.5) is 0 Å². The Morgan fingerprint density at radius 3 is 2.64 bits per heavy atom. The Balaban J connectivity index is 1.87. The fourth-order valence-corrected chi connectivity index (χ4v) is 1.33. The third-order valence-electron chi connectivity index (χ3n) is 2.03. The SMILES string of the molecule is OCCCCNC1CC=CC1. The van der Waals surface area contributed by atoms with Gasteiger partial charge < -0.3 is 10.4 Å². The summed E-state index contributed by atoms with van der Waals surface area (Å²) in [7, 11) is 0. The van der Waals surface area contributed by atoms with Crippen LogP contribution in [0.25, 0.3) is 0 Å². The van der Waals surface area contributed by atoms with Gasteiger partial charge in [-0.25, -0.2) is 0 Å². The number of rotatable bonds is 5. The second-order valence-corrected chi connectivity index (χ2v) is 3.02. The lowest BCUT2D eigenvalue weighted by molar-refractivity contribution is 0.282. The van der Waals surface area contributed by atoms with Crippen LogP contribution >= 0.6 is 0 Å². The van der Waals surface area contributed by atoms with E-state index >= 15 is 0 Å². The Labute approximate surface area is 68.3 Å². The van der Waals surface area contributed by atoms with Crippen LogP contribution in [0.15, 0.2) is 12.2 Å². The predicted molar refractivity (Wildman–Crippen MR) is 46.5 cm³/mol. The van der Waals surface area contributed by atoms with Crippen molar-refractivity contribution in [1.82, 2.24) is 5.32 Å². The summed E-state index contributed by atoms with van der Waals surface area (Å²) in [6.45, 7) is 1.37. The van der Waals surface area contributed by atoms with Gasteiger partial charge in [-0.2, -0.15) is 0 Å². The number of nitrogens with one attached hydrogen (secondary N) is 1. The number of aliphatic hydroxyl groups excluding tert-OH is 1. The van der Waals surface area contributed by atoms with Crippen molar-refractivity contribution in [2.24, 2.45) is 0 Å². The average Bonchev–Trinajstić information content (AvgIpc) is 2.50. The van der Waals surface area contributed by atoms with Gasteiger partial charge in [-0.15, -0.1) is 0 Å². The van der Waals surface area contributed by atoms with Gasteiger partial charge in [-0.1, -0.05) is 12.2 Å². The van der Waals surface area contributed by atoms with Crippen molar-refractivity contribution in [2.75, 3.05) is 13.2 Å². The first-order valence-electron chi connectivity index (χ1n) is 4.42. The molecule has 0 saturated carbocycles. The molecule has 0 aromatic carbocycles. The van der Waals surface area contributed by atoms with Crippen LogP contribution in [0, 0.1) is 0 Å². The van der Waals surface area contributed by atoms with Gasteiger partial charge in [0.1, 0.15) is 0 Å². The fourth-order valence-electron chi connectivity index (χ4n) is 1.33. The molecule has 0 aliphatic heterocycles. The van der Waals surface area contributed by atoms with Crippen LogP contribution in [-0.2, 0) is 0 Å². The zero-order valence-corrected chi connectivity index (χ0v) is 6.92. The van der Waals surface area contributed by atoms with E-state index < -0.39 is 0 Å². The summed E-state index contributed by atoms with van der Waals surface area (Å²) >= 11 is 0. The molecule has 0 aromatic heterocycles. The van der Waals surface area contributed by atoms with Crippen LogP contribution in [0.1, 0.15) is 25.7 Å². The number of hydrogen-bond acceptors (Lipinski definition) is 2. The zero-order valence-electron chi connectivity index (χ0n) is 6.92. The molecule has 0 saturated heterocycles. The molecule has 0 fully saturated rings. The van der Waals surface area contributed by atoms with E-state index in [1.807, 2.05) is 0 Å². The Morgan fingerprint density at radius 1 is 1.27 bits per heavy atom. The molecule has 1 aliphatic rings. The van der Waals surface area contributed by atoms with Gasteiger partial charge in [0.2, 0.25) is 0 Å². The lowest BCUT2D eigenvalue weighted by atomic mass is 10.2. The van der Waals surface area contributed by atoms with Crippen molar-refractivity contribution in [3.05, 3.63) is 12.2 Å². The predicted octanol–water partition coefficient (Wildman–Crippen LogP) is 1.07. The highest BCUT2D eigenvalue weighted by Crippen LogP contribution is 2.08. The molecule has 2 nitrogen and oxygen atoms in total. The average molecular weight is 155 g/mol. The van der Waals surface area contributed by atoms with Gasteiger partial charge in [-0.05, 0) is 32.2 Å². The van der Waals surface area contributed by atoms with E-state index in [0.29, 0.717) is 12.6 Å². The van der Waals surface area contributed by atoms with E-state index in [0.717, 1.165) is 19.4 Å². The first kappa shape index (κ1) is 8.75. The van der Waals surface area contributed by atoms with Crippen LogP contribution in [0.3, 0.4) is 0 Å². The third kappa shape index (κ3) is 3.54. The summed E-state index contributed by atoms with van der Waals surface area (Å²) in [5.41, 5.74) is 0. The van der Waals surface area contributed by atoms with Crippen LogP contribution in [0.5, 0.6) is 0 Å². The van der Waals surface area contributed by atoms with E-state index in [9.17, 15) is 0 Å². The second kappa shape index (κ2) is 5.33. The minimum atomic E-state index is 0.324. The van der Waals surface area contributed by atoms with Crippen molar-refractivity contribution < 1.29 is 5.11 Å². The molecule has 0 bridgehead atoms. The van der Waals surface area contributed by atoms with Crippen molar-refractivity contribution in [3.63, 3.8) is 0 Å². The number of unbranched alkanes of at least 4 members (excludes halogenated alkanes) is 1. The summed E-state index contributed by atoms with van der Waals surface area (Å²) in [4.78, 5) is 0. The molecule has 0 unspecified atom stereocenters. The molecule has 11 heavy (non-hydrogen) atoms. The second-order valence-electron chi connectivity index (χ2n) is 3.02. The highest BCUT2D eigenvalue weighted by atomic mass is 16.2. The first-order chi connectivity index (χ1) is 5.43. The molecule has 64 valence electrons. The summed E-state index contributed by atoms with van der Waals surface area (Å²) in [6.07, 6.45) is 8.83. The van der Waals surface area contributed by atoms with Crippen molar-refractivity contribution in [2.45, 2.75) is 31.7 Å². The van der Waals surface area contributed by atoms with Crippen LogP contribution < -0.4 is 5.32 Å². The van der Waals surface area contributed by atoms with E-state index in [1.54, 1.807) is 0 Å². The molecule has 2 heteroatoms. The molecule has 0 amide bonds. The van der Waals surface area contributed by atoms with Gasteiger partial charge in [0, 0.05) is 12.6 Å². The maximum Gasteiger partial charge on any atom is 0.0431 e. The number of hydrogen-bond donors (Lipinski definition) is 2.